The highest BCUT2D eigenvalue weighted by Gasteiger charge is 2.50. The van der Waals surface area contributed by atoms with Crippen molar-refractivity contribution in [2.24, 2.45) is 5.41 Å². The summed E-state index contributed by atoms with van der Waals surface area (Å²) in [6.45, 7) is 7.36. The van der Waals surface area contributed by atoms with E-state index in [1.165, 1.54) is 0 Å². The molecule has 1 aromatic carbocycles. The van der Waals surface area contributed by atoms with Crippen molar-refractivity contribution < 1.29 is 14.3 Å². The Bertz CT molecular complexity index is 739. The molecule has 0 aromatic heterocycles. The van der Waals surface area contributed by atoms with Gasteiger partial charge in [-0.05, 0) is 44.4 Å². The number of benzene rings is 1. The lowest BCUT2D eigenvalue weighted by Crippen LogP contribution is -2.38. The highest BCUT2D eigenvalue weighted by Crippen LogP contribution is 2.40. The van der Waals surface area contributed by atoms with Gasteiger partial charge in [0.15, 0.2) is 0 Å². The van der Waals surface area contributed by atoms with Crippen molar-refractivity contribution in [1.82, 2.24) is 9.80 Å². The average molecular weight is 394 g/mol. The van der Waals surface area contributed by atoms with E-state index < -0.39 is 0 Å². The van der Waals surface area contributed by atoms with Gasteiger partial charge in [-0.15, -0.1) is 0 Å². The van der Waals surface area contributed by atoms with Crippen LogP contribution in [0.1, 0.15) is 31.7 Å². The normalized spacial score (nSPS) is 22.7. The summed E-state index contributed by atoms with van der Waals surface area (Å²) in [6.07, 6.45) is 2.72. The molecule has 7 heteroatoms. The quantitative estimate of drug-likeness (QED) is 0.807. The SMILES string of the molecule is CCCN1CCC2(CCN(CC(=O)Nc3cc(C)c(Cl)cc3OC)C2)C1=O. The van der Waals surface area contributed by atoms with E-state index in [2.05, 4.69) is 17.1 Å². The maximum Gasteiger partial charge on any atom is 0.238 e. The molecule has 6 nitrogen and oxygen atoms in total. The molecule has 148 valence electrons. The number of amides is 2. The third-order valence-electron chi connectivity index (χ3n) is 5.65. The number of anilines is 1. The van der Waals surface area contributed by atoms with Gasteiger partial charge in [-0.25, -0.2) is 0 Å². The standard InChI is InChI=1S/C20H28ClN3O3/c1-4-7-24-9-6-20(19(24)26)5-8-23(13-20)12-18(25)22-16-10-14(2)15(21)11-17(16)27-3/h10-11H,4-9,12-13H2,1-3H3,(H,22,25). The molecule has 0 bridgehead atoms. The van der Waals surface area contributed by atoms with Crippen LogP contribution in [0.15, 0.2) is 12.1 Å². The number of aryl methyl sites for hydroxylation is 1. The zero-order chi connectivity index (χ0) is 19.6. The lowest BCUT2D eigenvalue weighted by molar-refractivity contribution is -0.135. The Morgan fingerprint density at radius 2 is 2.07 bits per heavy atom. The van der Waals surface area contributed by atoms with E-state index in [-0.39, 0.29) is 23.8 Å². The number of halogens is 1. The van der Waals surface area contributed by atoms with Gasteiger partial charge in [-0.3, -0.25) is 14.5 Å². The molecule has 0 saturated carbocycles. The molecule has 0 radical (unpaired) electrons. The minimum absolute atomic E-state index is 0.108. The van der Waals surface area contributed by atoms with Gasteiger partial charge >= 0.3 is 0 Å². The van der Waals surface area contributed by atoms with Crippen LogP contribution in [0.5, 0.6) is 5.75 Å². The third-order valence-corrected chi connectivity index (χ3v) is 6.06. The first-order valence-corrected chi connectivity index (χ1v) is 9.92. The number of nitrogens with one attached hydrogen (secondary N) is 1. The number of carbonyl (C=O) groups excluding carboxylic acids is 2. The zero-order valence-electron chi connectivity index (χ0n) is 16.3. The fraction of sp³-hybridized carbons (Fsp3) is 0.600. The topological polar surface area (TPSA) is 61.9 Å². The Kier molecular flexibility index (Phi) is 5.96. The smallest absolute Gasteiger partial charge is 0.238 e. The number of methoxy groups -OCH3 is 1. The van der Waals surface area contributed by atoms with Crippen LogP contribution in [-0.2, 0) is 9.59 Å². The van der Waals surface area contributed by atoms with Crippen LogP contribution in [0, 0.1) is 12.3 Å². The lowest BCUT2D eigenvalue weighted by atomic mass is 9.85. The first kappa shape index (κ1) is 20.0. The highest BCUT2D eigenvalue weighted by molar-refractivity contribution is 6.31. The van der Waals surface area contributed by atoms with Gasteiger partial charge in [0.1, 0.15) is 5.75 Å². The van der Waals surface area contributed by atoms with Crippen LogP contribution >= 0.6 is 11.6 Å². The molecular weight excluding hydrogens is 366 g/mol. The van der Waals surface area contributed by atoms with Crippen LogP contribution in [0.3, 0.4) is 0 Å². The van der Waals surface area contributed by atoms with Crippen molar-refractivity contribution in [3.8, 4) is 5.75 Å². The molecule has 3 rings (SSSR count). The lowest BCUT2D eigenvalue weighted by Gasteiger charge is -2.23. The first-order chi connectivity index (χ1) is 12.9. The molecule has 2 aliphatic heterocycles. The van der Waals surface area contributed by atoms with E-state index in [0.717, 1.165) is 44.5 Å². The number of hydrogen-bond donors (Lipinski definition) is 1. The van der Waals surface area contributed by atoms with Crippen LogP contribution < -0.4 is 10.1 Å². The molecular formula is C20H28ClN3O3. The Hall–Kier alpha value is -1.79. The molecule has 1 N–H and O–H groups in total. The molecule has 1 spiro atoms. The summed E-state index contributed by atoms with van der Waals surface area (Å²) >= 11 is 6.12. The van der Waals surface area contributed by atoms with Crippen LogP contribution in [0.2, 0.25) is 5.02 Å². The van der Waals surface area contributed by atoms with Crippen LogP contribution in [-0.4, -0.2) is 61.4 Å². The van der Waals surface area contributed by atoms with E-state index in [1.807, 2.05) is 17.9 Å². The Balaban J connectivity index is 1.60. The maximum absolute atomic E-state index is 12.8. The Morgan fingerprint density at radius 1 is 1.33 bits per heavy atom. The minimum Gasteiger partial charge on any atom is -0.495 e. The summed E-state index contributed by atoms with van der Waals surface area (Å²) in [4.78, 5) is 29.4. The van der Waals surface area contributed by atoms with Crippen LogP contribution in [0.25, 0.3) is 0 Å². The summed E-state index contributed by atoms with van der Waals surface area (Å²) in [5.74, 6) is 0.697. The molecule has 1 aromatic rings. The zero-order valence-corrected chi connectivity index (χ0v) is 17.1. The number of rotatable bonds is 6. The van der Waals surface area contributed by atoms with Crippen molar-refractivity contribution >= 4 is 29.1 Å². The predicted octanol–water partition coefficient (Wildman–Crippen LogP) is 2.93. The van der Waals surface area contributed by atoms with E-state index in [4.69, 9.17) is 16.3 Å². The second kappa shape index (κ2) is 8.07. The van der Waals surface area contributed by atoms with Crippen molar-refractivity contribution in [3.63, 3.8) is 0 Å². The van der Waals surface area contributed by atoms with Gasteiger partial charge < -0.3 is 15.0 Å². The Labute approximate surface area is 165 Å². The number of nitrogens with zero attached hydrogens (tertiary/aromatic N) is 2. The van der Waals surface area contributed by atoms with E-state index >= 15 is 0 Å². The molecule has 2 fully saturated rings. The van der Waals surface area contributed by atoms with Gasteiger partial charge in [-0.2, -0.15) is 0 Å². The molecule has 2 aliphatic rings. The first-order valence-electron chi connectivity index (χ1n) is 9.54. The van der Waals surface area contributed by atoms with Gasteiger partial charge in [-0.1, -0.05) is 18.5 Å². The fourth-order valence-corrected chi connectivity index (χ4v) is 4.32. The van der Waals surface area contributed by atoms with Gasteiger partial charge in [0.05, 0.1) is 24.8 Å². The van der Waals surface area contributed by atoms with Crippen molar-refractivity contribution in [1.29, 1.82) is 0 Å². The van der Waals surface area contributed by atoms with E-state index in [0.29, 0.717) is 23.0 Å². The minimum atomic E-state index is -0.288. The van der Waals surface area contributed by atoms with Gasteiger partial charge in [0, 0.05) is 30.7 Å². The summed E-state index contributed by atoms with van der Waals surface area (Å²) in [5, 5.41) is 3.52. The number of hydrogen-bond acceptors (Lipinski definition) is 4. The monoisotopic (exact) mass is 393 g/mol. The summed E-state index contributed by atoms with van der Waals surface area (Å²) in [6, 6.07) is 3.52. The summed E-state index contributed by atoms with van der Waals surface area (Å²) < 4.78 is 5.31. The van der Waals surface area contributed by atoms with Crippen molar-refractivity contribution in [2.45, 2.75) is 33.1 Å². The van der Waals surface area contributed by atoms with Gasteiger partial charge in [0.2, 0.25) is 11.8 Å². The Morgan fingerprint density at radius 3 is 2.78 bits per heavy atom. The molecule has 1 unspecified atom stereocenters. The van der Waals surface area contributed by atoms with E-state index in [1.54, 1.807) is 13.2 Å². The number of ether oxygens (including phenoxy) is 1. The maximum atomic E-state index is 12.8. The molecule has 27 heavy (non-hydrogen) atoms. The second-order valence-electron chi connectivity index (χ2n) is 7.63. The largest absolute Gasteiger partial charge is 0.495 e. The molecule has 2 amide bonds. The average Bonchev–Trinajstić information content (AvgIpc) is 3.17. The summed E-state index contributed by atoms with van der Waals surface area (Å²) in [5.41, 5.74) is 1.20. The van der Waals surface area contributed by atoms with Crippen LogP contribution in [0.4, 0.5) is 5.69 Å². The van der Waals surface area contributed by atoms with Crippen molar-refractivity contribution in [3.05, 3.63) is 22.7 Å². The van der Waals surface area contributed by atoms with E-state index in [9.17, 15) is 9.59 Å². The number of carbonyl (C=O) groups is 2. The highest BCUT2D eigenvalue weighted by atomic mass is 35.5. The molecule has 2 saturated heterocycles. The number of likely N-dealkylation sites (tertiary alicyclic amines) is 2. The van der Waals surface area contributed by atoms with Gasteiger partial charge in [0.25, 0.3) is 0 Å². The third kappa shape index (κ3) is 4.06. The molecule has 1 atom stereocenters. The predicted molar refractivity (Wildman–Crippen MR) is 106 cm³/mol. The summed E-state index contributed by atoms with van der Waals surface area (Å²) in [7, 11) is 1.55. The fourth-order valence-electron chi connectivity index (χ4n) is 4.17. The second-order valence-corrected chi connectivity index (χ2v) is 8.04. The van der Waals surface area contributed by atoms with Crippen molar-refractivity contribution in [2.75, 3.05) is 45.2 Å². The molecule has 0 aliphatic carbocycles. The molecule has 2 heterocycles.